The number of nitrogens with zero attached hydrogens (tertiary/aromatic N) is 1. The van der Waals surface area contributed by atoms with Gasteiger partial charge in [-0.2, -0.15) is 0 Å². The molecule has 1 aliphatic heterocycles. The molecule has 0 bridgehead atoms. The van der Waals surface area contributed by atoms with Crippen LogP contribution in [0.25, 0.3) is 0 Å². The molecule has 4 heteroatoms. The van der Waals surface area contributed by atoms with E-state index < -0.39 is 0 Å². The van der Waals surface area contributed by atoms with Gasteiger partial charge in [-0.15, -0.1) is 0 Å². The molecule has 0 aromatic heterocycles. The van der Waals surface area contributed by atoms with Crippen molar-refractivity contribution in [3.63, 3.8) is 0 Å². The molecule has 1 saturated heterocycles. The quantitative estimate of drug-likeness (QED) is 0.774. The molecule has 1 aromatic rings. The predicted molar refractivity (Wildman–Crippen MR) is 77.4 cm³/mol. The van der Waals surface area contributed by atoms with Crippen LogP contribution >= 0.6 is 0 Å². The number of carbonyl (C=O) groups is 1. The van der Waals surface area contributed by atoms with Crippen molar-refractivity contribution in [2.24, 2.45) is 5.92 Å². The molecule has 0 spiro atoms. The monoisotopic (exact) mass is 277 g/mol. The smallest absolute Gasteiger partial charge is 0.323 e. The van der Waals surface area contributed by atoms with Gasteiger partial charge in [-0.05, 0) is 18.9 Å². The highest BCUT2D eigenvalue weighted by Crippen LogP contribution is 2.33. The van der Waals surface area contributed by atoms with Crippen molar-refractivity contribution < 1.29 is 14.3 Å². The molecule has 1 aliphatic rings. The topological polar surface area (TPSA) is 38.8 Å². The van der Waals surface area contributed by atoms with Crippen LogP contribution in [0.15, 0.2) is 30.3 Å². The summed E-state index contributed by atoms with van der Waals surface area (Å²) < 4.78 is 10.2. The van der Waals surface area contributed by atoms with E-state index in [2.05, 4.69) is 24.0 Å². The van der Waals surface area contributed by atoms with Gasteiger partial charge in [0, 0.05) is 25.6 Å². The van der Waals surface area contributed by atoms with Crippen LogP contribution in [0.1, 0.15) is 24.9 Å². The standard InChI is InChI=1S/C16H23NO3/c1-12(13-7-5-4-6-8-13)17-10-9-14(11-19-2)15(17)16(18)20-3/h4-8,12,14-15H,9-11H2,1-3H3. The lowest BCUT2D eigenvalue weighted by atomic mass is 10.00. The van der Waals surface area contributed by atoms with Gasteiger partial charge < -0.3 is 9.47 Å². The number of carbonyl (C=O) groups excluding carboxylic acids is 1. The Labute approximate surface area is 120 Å². The second-order valence-electron chi connectivity index (χ2n) is 5.30. The summed E-state index contributed by atoms with van der Waals surface area (Å²) in [6.07, 6.45) is 0.963. The minimum Gasteiger partial charge on any atom is -0.468 e. The number of rotatable bonds is 5. The summed E-state index contributed by atoms with van der Waals surface area (Å²) in [5.74, 6) is 0.0472. The second-order valence-corrected chi connectivity index (χ2v) is 5.30. The first-order chi connectivity index (χ1) is 9.69. The number of hydrogen-bond acceptors (Lipinski definition) is 4. The van der Waals surface area contributed by atoms with Gasteiger partial charge in [0.2, 0.25) is 0 Å². The number of esters is 1. The average Bonchev–Trinajstić information content (AvgIpc) is 2.90. The Hall–Kier alpha value is -1.39. The highest BCUT2D eigenvalue weighted by atomic mass is 16.5. The molecule has 0 N–H and O–H groups in total. The molecule has 1 heterocycles. The maximum absolute atomic E-state index is 12.1. The fourth-order valence-electron chi connectivity index (χ4n) is 3.08. The molecule has 0 saturated carbocycles. The second kappa shape index (κ2) is 6.86. The van der Waals surface area contributed by atoms with Crippen molar-refractivity contribution in [2.75, 3.05) is 27.4 Å². The molecule has 4 nitrogen and oxygen atoms in total. The van der Waals surface area contributed by atoms with Gasteiger partial charge in [-0.1, -0.05) is 30.3 Å². The Balaban J connectivity index is 2.19. The van der Waals surface area contributed by atoms with Crippen molar-refractivity contribution in [3.05, 3.63) is 35.9 Å². The van der Waals surface area contributed by atoms with Crippen LogP contribution in [0.2, 0.25) is 0 Å². The lowest BCUT2D eigenvalue weighted by molar-refractivity contribution is -0.148. The van der Waals surface area contributed by atoms with Crippen LogP contribution < -0.4 is 0 Å². The first-order valence-electron chi connectivity index (χ1n) is 7.06. The van der Waals surface area contributed by atoms with Crippen molar-refractivity contribution in [3.8, 4) is 0 Å². The van der Waals surface area contributed by atoms with E-state index in [0.717, 1.165) is 13.0 Å². The Morgan fingerprint density at radius 2 is 2.05 bits per heavy atom. The largest absolute Gasteiger partial charge is 0.468 e. The summed E-state index contributed by atoms with van der Waals surface area (Å²) in [4.78, 5) is 14.4. The van der Waals surface area contributed by atoms with E-state index in [0.29, 0.717) is 6.61 Å². The minimum atomic E-state index is -0.213. The molecule has 110 valence electrons. The highest BCUT2D eigenvalue weighted by molar-refractivity contribution is 5.76. The van der Waals surface area contributed by atoms with Crippen molar-refractivity contribution in [2.45, 2.75) is 25.4 Å². The molecule has 0 amide bonds. The zero-order valence-corrected chi connectivity index (χ0v) is 12.4. The number of likely N-dealkylation sites (tertiary alicyclic amines) is 1. The number of hydrogen-bond donors (Lipinski definition) is 0. The summed E-state index contributed by atoms with van der Waals surface area (Å²) >= 11 is 0. The van der Waals surface area contributed by atoms with Gasteiger partial charge in [-0.3, -0.25) is 9.69 Å². The van der Waals surface area contributed by atoms with E-state index >= 15 is 0 Å². The predicted octanol–water partition coefficient (Wildman–Crippen LogP) is 2.26. The zero-order valence-electron chi connectivity index (χ0n) is 12.4. The fraction of sp³-hybridized carbons (Fsp3) is 0.562. The van der Waals surface area contributed by atoms with E-state index in [1.54, 1.807) is 7.11 Å². The molecular weight excluding hydrogens is 254 g/mol. The first-order valence-corrected chi connectivity index (χ1v) is 7.06. The van der Waals surface area contributed by atoms with Crippen molar-refractivity contribution in [1.82, 2.24) is 4.90 Å². The normalized spacial score (nSPS) is 24.6. The molecular formula is C16H23NO3. The zero-order chi connectivity index (χ0) is 14.5. The molecule has 3 unspecified atom stereocenters. The number of benzene rings is 1. The first kappa shape index (κ1) is 15.0. The van der Waals surface area contributed by atoms with Crippen molar-refractivity contribution >= 4 is 5.97 Å². The minimum absolute atomic E-state index is 0.160. The molecule has 1 aromatic carbocycles. The lowest BCUT2D eigenvalue weighted by Crippen LogP contribution is -2.42. The Kier molecular flexibility index (Phi) is 5.15. The van der Waals surface area contributed by atoms with Gasteiger partial charge in [-0.25, -0.2) is 0 Å². The van der Waals surface area contributed by atoms with E-state index in [4.69, 9.17) is 9.47 Å². The summed E-state index contributed by atoms with van der Waals surface area (Å²) in [5.41, 5.74) is 1.22. The van der Waals surface area contributed by atoms with Crippen LogP contribution in [0.3, 0.4) is 0 Å². The van der Waals surface area contributed by atoms with Gasteiger partial charge in [0.15, 0.2) is 0 Å². The fourth-order valence-corrected chi connectivity index (χ4v) is 3.08. The van der Waals surface area contributed by atoms with Crippen LogP contribution in [0.4, 0.5) is 0 Å². The molecule has 20 heavy (non-hydrogen) atoms. The molecule has 1 fully saturated rings. The Morgan fingerprint density at radius 1 is 1.35 bits per heavy atom. The van der Waals surface area contributed by atoms with E-state index in [9.17, 15) is 4.79 Å². The molecule has 0 radical (unpaired) electrons. The van der Waals surface area contributed by atoms with E-state index in [1.165, 1.54) is 12.7 Å². The van der Waals surface area contributed by atoms with Gasteiger partial charge in [0.25, 0.3) is 0 Å². The summed E-state index contributed by atoms with van der Waals surface area (Å²) in [6.45, 7) is 3.63. The van der Waals surface area contributed by atoms with Crippen LogP contribution in [0, 0.1) is 5.92 Å². The van der Waals surface area contributed by atoms with Crippen LogP contribution in [-0.4, -0.2) is 44.3 Å². The maximum atomic E-state index is 12.1. The molecule has 2 rings (SSSR count). The van der Waals surface area contributed by atoms with Gasteiger partial charge in [0.05, 0.1) is 13.7 Å². The summed E-state index contributed by atoms with van der Waals surface area (Å²) in [5, 5.41) is 0. The highest BCUT2D eigenvalue weighted by Gasteiger charge is 2.42. The molecule has 0 aliphatic carbocycles. The van der Waals surface area contributed by atoms with E-state index in [1.807, 2.05) is 18.2 Å². The van der Waals surface area contributed by atoms with Crippen molar-refractivity contribution in [1.29, 1.82) is 0 Å². The Bertz CT molecular complexity index is 435. The van der Waals surface area contributed by atoms with Crippen LogP contribution in [0.5, 0.6) is 0 Å². The average molecular weight is 277 g/mol. The Morgan fingerprint density at radius 3 is 2.65 bits per heavy atom. The number of methoxy groups -OCH3 is 2. The number of ether oxygens (including phenoxy) is 2. The lowest BCUT2D eigenvalue weighted by Gasteiger charge is -2.31. The van der Waals surface area contributed by atoms with E-state index in [-0.39, 0.29) is 24.0 Å². The van der Waals surface area contributed by atoms with Crippen LogP contribution in [-0.2, 0) is 14.3 Å². The van der Waals surface area contributed by atoms with Gasteiger partial charge in [0.1, 0.15) is 6.04 Å². The third-order valence-electron chi connectivity index (χ3n) is 4.16. The third-order valence-corrected chi connectivity index (χ3v) is 4.16. The summed E-state index contributed by atoms with van der Waals surface area (Å²) in [6, 6.07) is 10.2. The van der Waals surface area contributed by atoms with Gasteiger partial charge >= 0.3 is 5.97 Å². The SMILES string of the molecule is COCC1CCN(C(C)c2ccccc2)C1C(=O)OC. The molecule has 3 atom stereocenters. The maximum Gasteiger partial charge on any atom is 0.323 e. The third kappa shape index (κ3) is 3.02. The summed E-state index contributed by atoms with van der Waals surface area (Å²) in [7, 11) is 3.13.